The van der Waals surface area contributed by atoms with Gasteiger partial charge in [-0.3, -0.25) is 0 Å². The molecule has 5 N–H and O–H groups in total. The van der Waals surface area contributed by atoms with Gasteiger partial charge in [-0.25, -0.2) is 31.3 Å². The van der Waals surface area contributed by atoms with Crippen molar-refractivity contribution in [2.24, 2.45) is 5.73 Å². The molecule has 364 valence electrons. The summed E-state index contributed by atoms with van der Waals surface area (Å²) in [5.41, 5.74) is 8.13. The molecule has 0 saturated carbocycles. The minimum atomic E-state index is -4.97. The monoisotopic (exact) mass is 999 g/mol. The van der Waals surface area contributed by atoms with Gasteiger partial charge in [-0.15, -0.1) is 21.5 Å². The summed E-state index contributed by atoms with van der Waals surface area (Å²) >= 11 is 1.41. The molecule has 2 aromatic heterocycles. The van der Waals surface area contributed by atoms with E-state index in [1.54, 1.807) is 101 Å². The number of benzene rings is 5. The fourth-order valence-electron chi connectivity index (χ4n) is 7.12. The van der Waals surface area contributed by atoms with Crippen LogP contribution in [0.25, 0.3) is 32.7 Å². The molecular weight excluding hydrogens is 947 g/mol. The lowest BCUT2D eigenvalue weighted by Crippen LogP contribution is -2.42. The van der Waals surface area contributed by atoms with Crippen LogP contribution in [0.1, 0.15) is 42.5 Å². The second kappa shape index (κ2) is 21.4. The largest absolute Gasteiger partial charge is 0.497 e. The molecule has 22 heteroatoms. The molecule has 0 aliphatic carbocycles. The first kappa shape index (κ1) is 50.3. The number of aliphatic hydroxyl groups is 1. The number of alkyl carbamates (subject to hydrolysis) is 1. The molecule has 7 rings (SSSR count). The second-order valence-electron chi connectivity index (χ2n) is 16.7. The molecule has 1 atom stereocenters. The van der Waals surface area contributed by atoms with Crippen LogP contribution < -0.4 is 30.0 Å². The number of nitrogens with zero attached hydrogens (tertiary/aromatic N) is 6. The van der Waals surface area contributed by atoms with Crippen molar-refractivity contribution in [3.05, 3.63) is 125 Å². The van der Waals surface area contributed by atoms with Crippen molar-refractivity contribution in [3.8, 4) is 39.8 Å². The highest BCUT2D eigenvalue weighted by Crippen LogP contribution is 2.42. The Morgan fingerprint density at radius 1 is 0.812 bits per heavy atom. The molecule has 0 bridgehead atoms. The van der Waals surface area contributed by atoms with Crippen molar-refractivity contribution in [3.63, 3.8) is 0 Å². The molecule has 1 unspecified atom stereocenters. The van der Waals surface area contributed by atoms with Gasteiger partial charge in [0.25, 0.3) is 0 Å². The lowest BCUT2D eigenvalue weighted by molar-refractivity contribution is 0.0494. The molecule has 0 aliphatic heterocycles. The SMILES string of the molecule is COc1ccc(CN(Cc2ccc(OC)cc2)S(=O)(=O)c2c(S(=O)(=O)NCC(O)CNC(=O)OC(C)(C)C)ccc(-c3ccc4sc(CN)nc4c3)c2-c2nnn(Cc3ccc(OC)cc3)n2)cc1. The average molecular weight is 1000 g/mol. The lowest BCUT2D eigenvalue weighted by atomic mass is 9.99. The van der Waals surface area contributed by atoms with Crippen LogP contribution in [0, 0.1) is 0 Å². The standard InChI is InChI=1S/C47H53N9O10S3/c1-47(2,3)66-46(58)49-25-34(57)26-50-68(59,60)41-22-20-38(33-13-21-40-39(23-33)51-42(24-48)67-40)43(45-52-54-56(53-45)29-32-11-18-37(65-6)19-12-32)44(41)69(61,62)55(27-30-7-14-35(63-4)15-8-30)28-31-9-16-36(64-5)17-10-31/h7-23,34,50,57H,24-29,48H2,1-6H3,(H,49,58). The minimum absolute atomic E-state index is 0.108. The Morgan fingerprint density at radius 2 is 1.39 bits per heavy atom. The summed E-state index contributed by atoms with van der Waals surface area (Å²) in [4.78, 5) is 17.0. The molecule has 0 fully saturated rings. The zero-order valence-electron chi connectivity index (χ0n) is 38.7. The Morgan fingerprint density at radius 3 is 1.94 bits per heavy atom. The Balaban J connectivity index is 1.43. The topological polar surface area (TPSA) is 252 Å². The van der Waals surface area contributed by atoms with E-state index in [4.69, 9.17) is 29.8 Å². The van der Waals surface area contributed by atoms with Gasteiger partial charge in [0, 0.05) is 32.7 Å². The fraction of sp³-hybridized carbons (Fsp3) is 0.298. The maximum Gasteiger partial charge on any atom is 0.407 e. The highest BCUT2D eigenvalue weighted by molar-refractivity contribution is 7.92. The zero-order chi connectivity index (χ0) is 49.5. The first-order valence-electron chi connectivity index (χ1n) is 21.5. The molecule has 0 saturated heterocycles. The molecule has 5 aromatic carbocycles. The number of carbonyl (C=O) groups is 1. The van der Waals surface area contributed by atoms with Crippen LogP contribution >= 0.6 is 11.3 Å². The number of nitrogens with two attached hydrogens (primary N) is 1. The van der Waals surface area contributed by atoms with E-state index in [1.807, 2.05) is 18.2 Å². The Kier molecular flexibility index (Phi) is 15.6. The number of aliphatic hydroxyl groups excluding tert-OH is 1. The van der Waals surface area contributed by atoms with Gasteiger partial charge in [0.2, 0.25) is 25.9 Å². The molecule has 1 amide bonds. The summed E-state index contributed by atoms with van der Waals surface area (Å²) in [7, 11) is -5.25. The number of rotatable bonds is 20. The maximum atomic E-state index is 16.0. The van der Waals surface area contributed by atoms with Crippen LogP contribution in [-0.2, 0) is 51.0 Å². The number of aromatic nitrogens is 5. The van der Waals surface area contributed by atoms with Gasteiger partial charge in [-0.1, -0.05) is 48.5 Å². The van der Waals surface area contributed by atoms with Crippen LogP contribution in [0.2, 0.25) is 0 Å². The number of hydrogen-bond acceptors (Lipinski definition) is 16. The first-order valence-corrected chi connectivity index (χ1v) is 25.2. The van der Waals surface area contributed by atoms with Crippen LogP contribution in [0.5, 0.6) is 17.2 Å². The maximum absolute atomic E-state index is 16.0. The van der Waals surface area contributed by atoms with Crippen LogP contribution in [0.3, 0.4) is 0 Å². The van der Waals surface area contributed by atoms with Crippen molar-refractivity contribution in [1.82, 2.24) is 39.5 Å². The number of hydrogen-bond donors (Lipinski definition) is 4. The summed E-state index contributed by atoms with van der Waals surface area (Å²) in [5.74, 6) is 1.51. The van der Waals surface area contributed by atoms with Crippen molar-refractivity contribution in [2.45, 2.75) is 68.4 Å². The van der Waals surface area contributed by atoms with Crippen LogP contribution in [0.4, 0.5) is 4.79 Å². The highest BCUT2D eigenvalue weighted by atomic mass is 32.2. The predicted octanol–water partition coefficient (Wildman–Crippen LogP) is 5.70. The quantitative estimate of drug-likeness (QED) is 0.0714. The summed E-state index contributed by atoms with van der Waals surface area (Å²) < 4.78 is 87.3. The van der Waals surface area contributed by atoms with Gasteiger partial charge in [0.05, 0.1) is 49.8 Å². The van der Waals surface area contributed by atoms with E-state index < -0.39 is 60.7 Å². The summed E-state index contributed by atoms with van der Waals surface area (Å²) in [5, 5.41) is 27.4. The van der Waals surface area contributed by atoms with Gasteiger partial charge in [0.1, 0.15) is 37.6 Å². The minimum Gasteiger partial charge on any atom is -0.497 e. The lowest BCUT2D eigenvalue weighted by Gasteiger charge is -2.26. The van der Waals surface area contributed by atoms with Crippen LogP contribution in [-0.4, -0.2) is 104 Å². The second-order valence-corrected chi connectivity index (χ2v) is 21.4. The predicted molar refractivity (Wildman–Crippen MR) is 260 cm³/mol. The zero-order valence-corrected chi connectivity index (χ0v) is 41.2. The highest BCUT2D eigenvalue weighted by Gasteiger charge is 2.38. The van der Waals surface area contributed by atoms with E-state index in [2.05, 4.69) is 25.3 Å². The summed E-state index contributed by atoms with van der Waals surface area (Å²) in [6.07, 6.45) is -2.29. The number of methoxy groups -OCH3 is 3. The molecule has 0 aliphatic rings. The number of amides is 1. The third-order valence-electron chi connectivity index (χ3n) is 10.5. The van der Waals surface area contributed by atoms with Gasteiger partial charge in [-0.2, -0.15) is 9.10 Å². The van der Waals surface area contributed by atoms with Crippen molar-refractivity contribution < 1.29 is 45.7 Å². The molecule has 7 aromatic rings. The van der Waals surface area contributed by atoms with Gasteiger partial charge in [-0.05, 0) is 108 Å². The normalized spacial score (nSPS) is 12.5. The van der Waals surface area contributed by atoms with Crippen molar-refractivity contribution in [1.29, 1.82) is 0 Å². The third kappa shape index (κ3) is 12.4. The van der Waals surface area contributed by atoms with Crippen molar-refractivity contribution >= 4 is 47.7 Å². The number of carbonyl (C=O) groups excluding carboxylic acids is 1. The fourth-order valence-corrected chi connectivity index (χ4v) is 11.4. The molecule has 69 heavy (non-hydrogen) atoms. The molecule has 0 spiro atoms. The van der Waals surface area contributed by atoms with E-state index >= 15 is 8.42 Å². The Labute approximate surface area is 404 Å². The number of sulfonamides is 2. The Hall–Kier alpha value is -6.53. The van der Waals surface area contributed by atoms with E-state index in [1.165, 1.54) is 42.5 Å². The average Bonchev–Trinajstić information content (AvgIpc) is 3.99. The molecular formula is C47H53N9O10S3. The molecule has 0 radical (unpaired) electrons. The molecule has 2 heterocycles. The first-order chi connectivity index (χ1) is 32.9. The number of nitrogens with one attached hydrogen (secondary N) is 2. The summed E-state index contributed by atoms with van der Waals surface area (Å²) in [6, 6.07) is 28.8. The number of thiazole rings is 1. The number of ether oxygens (including phenoxy) is 4. The van der Waals surface area contributed by atoms with E-state index in [0.29, 0.717) is 44.5 Å². The summed E-state index contributed by atoms with van der Waals surface area (Å²) in [6.45, 7) is 3.84. The van der Waals surface area contributed by atoms with Gasteiger partial charge < -0.3 is 35.1 Å². The smallest absolute Gasteiger partial charge is 0.407 e. The van der Waals surface area contributed by atoms with Crippen molar-refractivity contribution in [2.75, 3.05) is 34.4 Å². The molecule has 19 nitrogen and oxygen atoms in total. The van der Waals surface area contributed by atoms with E-state index in [-0.39, 0.29) is 43.1 Å². The Bertz CT molecular complexity index is 3070. The number of tetrazole rings is 1. The van der Waals surface area contributed by atoms with Gasteiger partial charge in [0.15, 0.2) is 0 Å². The number of fused-ring (bicyclic) bond motifs is 1. The van der Waals surface area contributed by atoms with Gasteiger partial charge >= 0.3 is 6.09 Å². The van der Waals surface area contributed by atoms with E-state index in [9.17, 15) is 18.3 Å². The van der Waals surface area contributed by atoms with E-state index in [0.717, 1.165) is 14.6 Å². The third-order valence-corrected chi connectivity index (χ3v) is 15.0. The van der Waals surface area contributed by atoms with Crippen LogP contribution in [0.15, 0.2) is 113 Å².